The van der Waals surface area contributed by atoms with Crippen LogP contribution in [-0.2, 0) is 13.0 Å². The molecule has 0 saturated carbocycles. The van der Waals surface area contributed by atoms with E-state index in [4.69, 9.17) is 5.21 Å². The number of amides is 1. The third-order valence-electron chi connectivity index (χ3n) is 4.60. The molecule has 1 aliphatic rings. The summed E-state index contributed by atoms with van der Waals surface area (Å²) in [6.07, 6.45) is 2.28. The molecule has 0 aliphatic heterocycles. The highest BCUT2D eigenvalue weighted by molar-refractivity contribution is 7.20. The van der Waals surface area contributed by atoms with Gasteiger partial charge in [0.15, 0.2) is 0 Å². The molecule has 2 aromatic carbocycles. The number of aryl methyl sites for hydroxylation is 1. The number of benzene rings is 2. The van der Waals surface area contributed by atoms with Crippen LogP contribution in [0.1, 0.15) is 38.8 Å². The van der Waals surface area contributed by atoms with Crippen molar-refractivity contribution in [2.45, 2.75) is 25.4 Å². The number of hydroxylamine groups is 1. The Kier molecular flexibility index (Phi) is 4.06. The van der Waals surface area contributed by atoms with Gasteiger partial charge in [-0.2, -0.15) is 0 Å². The maximum atomic E-state index is 11.5. The predicted octanol–water partition coefficient (Wildman–Crippen LogP) is 3.80. The summed E-state index contributed by atoms with van der Waals surface area (Å²) in [5, 5.41) is 13.4. The van der Waals surface area contributed by atoms with Gasteiger partial charge < -0.3 is 5.32 Å². The number of hydrogen-bond acceptors (Lipinski definition) is 4. The highest BCUT2D eigenvalue weighted by Crippen LogP contribution is 2.31. The zero-order valence-corrected chi connectivity index (χ0v) is 13.9. The Morgan fingerprint density at radius 3 is 2.96 bits per heavy atom. The van der Waals surface area contributed by atoms with E-state index in [1.54, 1.807) is 11.5 Å². The van der Waals surface area contributed by atoms with Crippen molar-refractivity contribution >= 4 is 27.3 Å². The van der Waals surface area contributed by atoms with Gasteiger partial charge in [0.25, 0.3) is 5.91 Å². The number of carbonyl (C=O) groups excluding carboxylic acids is 1. The molecule has 3 aromatic rings. The van der Waals surface area contributed by atoms with Crippen LogP contribution >= 0.6 is 11.3 Å². The fourth-order valence-corrected chi connectivity index (χ4v) is 4.38. The van der Waals surface area contributed by atoms with Crippen molar-refractivity contribution in [3.63, 3.8) is 0 Å². The van der Waals surface area contributed by atoms with Gasteiger partial charge in [0, 0.05) is 17.3 Å². The molecule has 0 bridgehead atoms. The van der Waals surface area contributed by atoms with Crippen molar-refractivity contribution in [2.24, 2.45) is 0 Å². The van der Waals surface area contributed by atoms with E-state index in [1.807, 2.05) is 6.07 Å². The first-order valence-electron chi connectivity index (χ1n) is 8.02. The second kappa shape index (κ2) is 6.36. The third kappa shape index (κ3) is 2.82. The van der Waals surface area contributed by atoms with E-state index in [-0.39, 0.29) is 0 Å². The molecule has 24 heavy (non-hydrogen) atoms. The van der Waals surface area contributed by atoms with E-state index in [1.165, 1.54) is 28.0 Å². The topological polar surface area (TPSA) is 61.4 Å². The number of rotatable bonds is 4. The molecule has 1 aromatic heterocycles. The highest BCUT2D eigenvalue weighted by Gasteiger charge is 2.21. The molecule has 4 rings (SSSR count). The average Bonchev–Trinajstić information content (AvgIpc) is 3.22. The molecule has 122 valence electrons. The minimum Gasteiger partial charge on any atom is -0.306 e. The lowest BCUT2D eigenvalue weighted by Gasteiger charge is -2.14. The van der Waals surface area contributed by atoms with Gasteiger partial charge in [0.05, 0.1) is 4.88 Å². The summed E-state index contributed by atoms with van der Waals surface area (Å²) in [4.78, 5) is 12.0. The first-order chi connectivity index (χ1) is 11.7. The Bertz CT molecular complexity index is 903. The minimum atomic E-state index is -0.460. The number of nitrogens with one attached hydrogen (secondary N) is 2. The minimum absolute atomic E-state index is 0.413. The Morgan fingerprint density at radius 2 is 2.08 bits per heavy atom. The molecule has 0 fully saturated rings. The van der Waals surface area contributed by atoms with Crippen LogP contribution < -0.4 is 10.8 Å². The van der Waals surface area contributed by atoms with Crippen molar-refractivity contribution in [2.75, 3.05) is 0 Å². The lowest BCUT2D eigenvalue weighted by atomic mass is 10.1. The monoisotopic (exact) mass is 338 g/mol. The predicted molar refractivity (Wildman–Crippen MR) is 95.4 cm³/mol. The molecule has 1 amide bonds. The number of thiophene rings is 1. The van der Waals surface area contributed by atoms with Gasteiger partial charge in [-0.1, -0.05) is 36.4 Å². The molecule has 0 radical (unpaired) electrons. The van der Waals surface area contributed by atoms with E-state index < -0.39 is 5.91 Å². The molecule has 0 spiro atoms. The van der Waals surface area contributed by atoms with Gasteiger partial charge >= 0.3 is 0 Å². The lowest BCUT2D eigenvalue weighted by Crippen LogP contribution is -2.18. The standard InChI is InChI=1S/C19H18N2O2S/c22-19(21-23)18-10-14-6-5-12(9-17(14)24-18)11-20-16-8-7-13-3-1-2-4-15(13)16/h1-6,9-10,16,20,23H,7-8,11H2,(H,21,22). The second-order valence-corrected chi connectivity index (χ2v) is 7.18. The van der Waals surface area contributed by atoms with Gasteiger partial charge in [-0.05, 0) is 47.1 Å². The molecule has 1 aliphatic carbocycles. The molecule has 4 nitrogen and oxygen atoms in total. The van der Waals surface area contributed by atoms with Gasteiger partial charge in [-0.3, -0.25) is 10.0 Å². The van der Waals surface area contributed by atoms with E-state index in [0.29, 0.717) is 10.9 Å². The van der Waals surface area contributed by atoms with Gasteiger partial charge in [-0.15, -0.1) is 11.3 Å². The molecule has 3 N–H and O–H groups in total. The summed E-state index contributed by atoms with van der Waals surface area (Å²) in [6, 6.07) is 17.1. The highest BCUT2D eigenvalue weighted by atomic mass is 32.1. The second-order valence-electron chi connectivity index (χ2n) is 6.09. The van der Waals surface area contributed by atoms with E-state index in [2.05, 4.69) is 41.7 Å². The van der Waals surface area contributed by atoms with Crippen LogP contribution in [0.5, 0.6) is 0 Å². The van der Waals surface area contributed by atoms with E-state index in [9.17, 15) is 4.79 Å². The van der Waals surface area contributed by atoms with Crippen molar-refractivity contribution < 1.29 is 10.0 Å². The van der Waals surface area contributed by atoms with Crippen molar-refractivity contribution in [1.82, 2.24) is 10.8 Å². The largest absolute Gasteiger partial charge is 0.306 e. The molecular weight excluding hydrogens is 320 g/mol. The first kappa shape index (κ1) is 15.3. The summed E-state index contributed by atoms with van der Waals surface area (Å²) < 4.78 is 1.06. The molecule has 0 saturated heterocycles. The Labute approximate surface area is 144 Å². The molecule has 1 atom stereocenters. The van der Waals surface area contributed by atoms with Crippen molar-refractivity contribution in [3.05, 3.63) is 70.1 Å². The van der Waals surface area contributed by atoms with Gasteiger partial charge in [-0.25, -0.2) is 5.48 Å². The van der Waals surface area contributed by atoms with E-state index in [0.717, 1.165) is 29.5 Å². The van der Waals surface area contributed by atoms with Crippen LogP contribution in [-0.4, -0.2) is 11.1 Å². The van der Waals surface area contributed by atoms with Crippen molar-refractivity contribution in [1.29, 1.82) is 0 Å². The average molecular weight is 338 g/mol. The molecular formula is C19H18N2O2S. The van der Waals surface area contributed by atoms with Crippen LogP contribution in [0.15, 0.2) is 48.5 Å². The smallest absolute Gasteiger partial charge is 0.284 e. The first-order valence-corrected chi connectivity index (χ1v) is 8.84. The van der Waals surface area contributed by atoms with Crippen LogP contribution in [0, 0.1) is 0 Å². The Balaban J connectivity index is 1.50. The number of hydrogen-bond donors (Lipinski definition) is 3. The Hall–Kier alpha value is -2.21. The van der Waals surface area contributed by atoms with Crippen LogP contribution in [0.4, 0.5) is 0 Å². The summed E-state index contributed by atoms with van der Waals surface area (Å²) >= 11 is 1.39. The van der Waals surface area contributed by atoms with Crippen LogP contribution in [0.2, 0.25) is 0 Å². The number of fused-ring (bicyclic) bond motifs is 2. The van der Waals surface area contributed by atoms with Gasteiger partial charge in [0.2, 0.25) is 0 Å². The zero-order chi connectivity index (χ0) is 16.5. The van der Waals surface area contributed by atoms with Crippen molar-refractivity contribution in [3.8, 4) is 0 Å². The fourth-order valence-electron chi connectivity index (χ4n) is 3.36. The summed E-state index contributed by atoms with van der Waals surface area (Å²) in [7, 11) is 0. The lowest BCUT2D eigenvalue weighted by molar-refractivity contribution is 0.0711. The van der Waals surface area contributed by atoms with Crippen LogP contribution in [0.25, 0.3) is 10.1 Å². The van der Waals surface area contributed by atoms with Gasteiger partial charge in [0.1, 0.15) is 0 Å². The molecule has 1 heterocycles. The maximum Gasteiger partial charge on any atom is 0.284 e. The number of carbonyl (C=O) groups is 1. The normalized spacial score (nSPS) is 16.3. The quantitative estimate of drug-likeness (QED) is 0.501. The fraction of sp³-hybridized carbons (Fsp3) is 0.211. The maximum absolute atomic E-state index is 11.5. The summed E-state index contributed by atoms with van der Waals surface area (Å²) in [6.45, 7) is 0.800. The Morgan fingerprint density at radius 1 is 1.21 bits per heavy atom. The van der Waals surface area contributed by atoms with Crippen LogP contribution in [0.3, 0.4) is 0 Å². The SMILES string of the molecule is O=C(NO)c1cc2ccc(CNC3CCc4ccccc43)cc2s1. The zero-order valence-electron chi connectivity index (χ0n) is 13.1. The summed E-state index contributed by atoms with van der Waals surface area (Å²) in [5.41, 5.74) is 5.75. The molecule has 1 unspecified atom stereocenters. The van der Waals surface area contributed by atoms with E-state index >= 15 is 0 Å². The summed E-state index contributed by atoms with van der Waals surface area (Å²) in [5.74, 6) is -0.460. The third-order valence-corrected chi connectivity index (χ3v) is 5.69. The molecule has 5 heteroatoms.